The summed E-state index contributed by atoms with van der Waals surface area (Å²) in [7, 11) is 1.48. The fourth-order valence-corrected chi connectivity index (χ4v) is 1.99. The molecule has 0 saturated carbocycles. The maximum Gasteiger partial charge on any atom is 0.326 e. The summed E-state index contributed by atoms with van der Waals surface area (Å²) in [4.78, 5) is 24.2. The van der Waals surface area contributed by atoms with Crippen LogP contribution in [0.1, 0.15) is 24.5 Å². The second kappa shape index (κ2) is 6.93. The lowest BCUT2D eigenvalue weighted by molar-refractivity contribution is -0.149. The van der Waals surface area contributed by atoms with Gasteiger partial charge in [0.15, 0.2) is 6.61 Å². The topological polar surface area (TPSA) is 66.8 Å². The van der Waals surface area contributed by atoms with E-state index in [2.05, 4.69) is 0 Å². The molecule has 5 nitrogen and oxygen atoms in total. The number of ether oxygens (including phenoxy) is 1. The molecule has 0 heterocycles. The van der Waals surface area contributed by atoms with Crippen LogP contribution in [-0.2, 0) is 9.59 Å². The predicted molar refractivity (Wildman–Crippen MR) is 75.9 cm³/mol. The first-order valence-corrected chi connectivity index (χ1v) is 6.55. The number of aliphatic carboxylic acids is 1. The van der Waals surface area contributed by atoms with Crippen molar-refractivity contribution in [3.05, 3.63) is 29.3 Å². The molecule has 1 atom stereocenters. The van der Waals surface area contributed by atoms with E-state index in [1.807, 2.05) is 32.0 Å². The van der Waals surface area contributed by atoms with Crippen molar-refractivity contribution in [2.24, 2.45) is 0 Å². The van der Waals surface area contributed by atoms with Crippen molar-refractivity contribution in [2.45, 2.75) is 33.2 Å². The third-order valence-corrected chi connectivity index (χ3v) is 3.21. The summed E-state index contributed by atoms with van der Waals surface area (Å²) in [5.41, 5.74) is 2.07. The van der Waals surface area contributed by atoms with E-state index in [1.165, 1.54) is 11.9 Å². The maximum atomic E-state index is 11.9. The van der Waals surface area contributed by atoms with E-state index in [0.29, 0.717) is 12.2 Å². The van der Waals surface area contributed by atoms with Crippen LogP contribution < -0.4 is 4.74 Å². The SMILES string of the molecule is CCC(C(=O)O)N(C)C(=O)COc1ccc(C)cc1C. The molecule has 0 aliphatic carbocycles. The first kappa shape index (κ1) is 16.0. The van der Waals surface area contributed by atoms with E-state index < -0.39 is 12.0 Å². The van der Waals surface area contributed by atoms with Gasteiger partial charge in [-0.25, -0.2) is 4.79 Å². The Hall–Kier alpha value is -2.04. The highest BCUT2D eigenvalue weighted by atomic mass is 16.5. The largest absolute Gasteiger partial charge is 0.484 e. The molecule has 0 radical (unpaired) electrons. The molecule has 1 amide bonds. The zero-order valence-electron chi connectivity index (χ0n) is 12.3. The molecule has 0 spiro atoms. The first-order valence-electron chi connectivity index (χ1n) is 6.55. The van der Waals surface area contributed by atoms with Crippen molar-refractivity contribution in [1.82, 2.24) is 4.90 Å². The minimum Gasteiger partial charge on any atom is -0.484 e. The summed E-state index contributed by atoms with van der Waals surface area (Å²) in [6.45, 7) is 5.45. The Balaban J connectivity index is 2.65. The third-order valence-electron chi connectivity index (χ3n) is 3.21. The highest BCUT2D eigenvalue weighted by Crippen LogP contribution is 2.18. The lowest BCUT2D eigenvalue weighted by Crippen LogP contribution is -2.44. The van der Waals surface area contributed by atoms with Crippen LogP contribution in [0, 0.1) is 13.8 Å². The average Bonchev–Trinajstić information content (AvgIpc) is 2.37. The van der Waals surface area contributed by atoms with Crippen molar-refractivity contribution in [2.75, 3.05) is 13.7 Å². The molecular weight excluding hydrogens is 258 g/mol. The summed E-state index contributed by atoms with van der Waals surface area (Å²) in [6.07, 6.45) is 0.362. The fraction of sp³-hybridized carbons (Fsp3) is 0.467. The third kappa shape index (κ3) is 3.98. The number of amides is 1. The molecule has 1 aromatic carbocycles. The smallest absolute Gasteiger partial charge is 0.326 e. The number of hydrogen-bond donors (Lipinski definition) is 1. The molecule has 0 saturated heterocycles. The average molecular weight is 279 g/mol. The minimum absolute atomic E-state index is 0.163. The lowest BCUT2D eigenvalue weighted by atomic mass is 10.1. The fourth-order valence-electron chi connectivity index (χ4n) is 1.99. The van der Waals surface area contributed by atoms with Crippen LogP contribution in [0.25, 0.3) is 0 Å². The standard InChI is InChI=1S/C15H21NO4/c1-5-12(15(18)19)16(4)14(17)9-20-13-7-6-10(2)8-11(13)3/h6-8,12H,5,9H2,1-4H3,(H,18,19). The van der Waals surface area contributed by atoms with Gasteiger partial charge in [-0.1, -0.05) is 24.6 Å². The van der Waals surface area contributed by atoms with Crippen LogP contribution in [0.5, 0.6) is 5.75 Å². The van der Waals surface area contributed by atoms with Gasteiger partial charge in [-0.05, 0) is 31.9 Å². The van der Waals surface area contributed by atoms with E-state index in [9.17, 15) is 9.59 Å². The number of benzene rings is 1. The summed E-state index contributed by atoms with van der Waals surface area (Å²) in [5, 5.41) is 9.02. The number of likely N-dealkylation sites (N-methyl/N-ethyl adjacent to an activating group) is 1. The second-order valence-corrected chi connectivity index (χ2v) is 4.82. The van der Waals surface area contributed by atoms with Gasteiger partial charge in [0.25, 0.3) is 5.91 Å². The Bertz CT molecular complexity index is 499. The molecule has 5 heteroatoms. The number of rotatable bonds is 6. The highest BCUT2D eigenvalue weighted by molar-refractivity contribution is 5.84. The molecule has 0 aliphatic heterocycles. The van der Waals surface area contributed by atoms with Crippen LogP contribution in [0.3, 0.4) is 0 Å². The summed E-state index contributed by atoms with van der Waals surface area (Å²) >= 11 is 0. The van der Waals surface area contributed by atoms with Crippen LogP contribution >= 0.6 is 0 Å². The van der Waals surface area contributed by atoms with Crippen molar-refractivity contribution in [1.29, 1.82) is 0 Å². The van der Waals surface area contributed by atoms with E-state index in [0.717, 1.165) is 11.1 Å². The molecule has 1 aromatic rings. The van der Waals surface area contributed by atoms with Gasteiger partial charge in [0.2, 0.25) is 0 Å². The molecular formula is C15H21NO4. The van der Waals surface area contributed by atoms with Gasteiger partial charge in [0.1, 0.15) is 11.8 Å². The van der Waals surface area contributed by atoms with E-state index in [4.69, 9.17) is 9.84 Å². The zero-order chi connectivity index (χ0) is 15.3. The maximum absolute atomic E-state index is 11.9. The van der Waals surface area contributed by atoms with Gasteiger partial charge in [-0.3, -0.25) is 4.79 Å². The van der Waals surface area contributed by atoms with Crippen LogP contribution in [-0.4, -0.2) is 41.6 Å². The molecule has 1 rings (SSSR count). The second-order valence-electron chi connectivity index (χ2n) is 4.82. The monoisotopic (exact) mass is 279 g/mol. The van der Waals surface area contributed by atoms with E-state index >= 15 is 0 Å². The van der Waals surface area contributed by atoms with E-state index in [-0.39, 0.29) is 12.5 Å². The number of carbonyl (C=O) groups excluding carboxylic acids is 1. The Kier molecular flexibility index (Phi) is 5.55. The van der Waals surface area contributed by atoms with Gasteiger partial charge in [0.05, 0.1) is 0 Å². The quantitative estimate of drug-likeness (QED) is 0.865. The van der Waals surface area contributed by atoms with Gasteiger partial charge >= 0.3 is 5.97 Å². The number of carboxylic acids is 1. The molecule has 0 aliphatic rings. The number of aryl methyl sites for hydroxylation is 2. The Morgan fingerprint density at radius 3 is 2.50 bits per heavy atom. The van der Waals surface area contributed by atoms with Crippen LogP contribution in [0.4, 0.5) is 0 Å². The Morgan fingerprint density at radius 2 is 2.00 bits per heavy atom. The van der Waals surface area contributed by atoms with Gasteiger partial charge in [-0.2, -0.15) is 0 Å². The van der Waals surface area contributed by atoms with Crippen molar-refractivity contribution in [3.63, 3.8) is 0 Å². The molecule has 1 unspecified atom stereocenters. The molecule has 110 valence electrons. The van der Waals surface area contributed by atoms with E-state index in [1.54, 1.807) is 6.92 Å². The summed E-state index contributed by atoms with van der Waals surface area (Å²) < 4.78 is 5.46. The number of carbonyl (C=O) groups is 2. The van der Waals surface area contributed by atoms with Gasteiger partial charge in [0, 0.05) is 7.05 Å². The normalized spacial score (nSPS) is 11.8. The summed E-state index contributed by atoms with van der Waals surface area (Å²) in [6, 6.07) is 4.87. The Morgan fingerprint density at radius 1 is 1.35 bits per heavy atom. The predicted octanol–water partition coefficient (Wildman–Crippen LogP) is 2.00. The van der Waals surface area contributed by atoms with Gasteiger partial charge < -0.3 is 14.7 Å². The highest BCUT2D eigenvalue weighted by Gasteiger charge is 2.24. The van der Waals surface area contributed by atoms with Crippen molar-refractivity contribution >= 4 is 11.9 Å². The molecule has 0 fully saturated rings. The molecule has 1 N–H and O–H groups in total. The number of hydrogen-bond acceptors (Lipinski definition) is 3. The number of nitrogens with zero attached hydrogens (tertiary/aromatic N) is 1. The minimum atomic E-state index is -1.00. The molecule has 0 aromatic heterocycles. The first-order chi connectivity index (χ1) is 9.36. The van der Waals surface area contributed by atoms with Gasteiger partial charge in [-0.15, -0.1) is 0 Å². The van der Waals surface area contributed by atoms with Crippen molar-refractivity contribution < 1.29 is 19.4 Å². The Labute approximate surface area is 119 Å². The molecule has 0 bridgehead atoms. The van der Waals surface area contributed by atoms with Crippen molar-refractivity contribution in [3.8, 4) is 5.75 Å². The molecule has 20 heavy (non-hydrogen) atoms. The lowest BCUT2D eigenvalue weighted by Gasteiger charge is -2.23. The van der Waals surface area contributed by atoms with Crippen LogP contribution in [0.2, 0.25) is 0 Å². The number of carboxylic acid groups (broad SMARTS) is 1. The zero-order valence-corrected chi connectivity index (χ0v) is 12.3. The summed E-state index contributed by atoms with van der Waals surface area (Å²) in [5.74, 6) is -0.713. The van der Waals surface area contributed by atoms with Crippen LogP contribution in [0.15, 0.2) is 18.2 Å².